The van der Waals surface area contributed by atoms with Crippen LogP contribution in [0.5, 0.6) is 11.5 Å². The van der Waals surface area contributed by atoms with Crippen molar-refractivity contribution < 1.29 is 23.8 Å². The molecule has 0 saturated carbocycles. The summed E-state index contributed by atoms with van der Waals surface area (Å²) in [6.45, 7) is 2.19. The molecule has 0 bridgehead atoms. The second-order valence-electron chi connectivity index (χ2n) is 7.18. The number of hydrogen-bond acceptors (Lipinski definition) is 6. The highest BCUT2D eigenvalue weighted by Gasteiger charge is 2.36. The second-order valence-corrected chi connectivity index (χ2v) is 8.06. The van der Waals surface area contributed by atoms with E-state index < -0.39 is 5.97 Å². The molecule has 1 aliphatic rings. The third kappa shape index (κ3) is 4.83. The van der Waals surface area contributed by atoms with Crippen molar-refractivity contribution in [1.29, 1.82) is 0 Å². The fourth-order valence-electron chi connectivity index (χ4n) is 3.64. The largest absolute Gasteiger partial charge is 0.493 e. The second kappa shape index (κ2) is 10.4. The molecule has 0 N–H and O–H groups in total. The molecule has 0 saturated heterocycles. The lowest BCUT2D eigenvalue weighted by atomic mass is 10.0. The van der Waals surface area contributed by atoms with Crippen LogP contribution >= 0.6 is 11.8 Å². The van der Waals surface area contributed by atoms with Gasteiger partial charge in [0, 0.05) is 17.1 Å². The molecule has 0 spiro atoms. The van der Waals surface area contributed by atoms with E-state index >= 15 is 0 Å². The highest BCUT2D eigenvalue weighted by molar-refractivity contribution is 7.98. The number of thioether (sulfide) groups is 1. The Balaban J connectivity index is 1.88. The minimum Gasteiger partial charge on any atom is -0.493 e. The average Bonchev–Trinajstić information content (AvgIpc) is 3.06. The van der Waals surface area contributed by atoms with Gasteiger partial charge in [-0.05, 0) is 61.1 Å². The standard InChI is InChI=1S/C25H27NO5S/c1-16-23(25(28)31-4)20(14-17-6-9-19(32-5)10-7-17)24(27)26(16)13-12-18-8-11-21(29-2)22(15-18)30-3/h6-11,14-15H,12-13H2,1-5H3. The zero-order valence-corrected chi connectivity index (χ0v) is 19.7. The molecule has 0 radical (unpaired) electrons. The number of ether oxygens (including phenoxy) is 3. The Morgan fingerprint density at radius 2 is 1.72 bits per heavy atom. The lowest BCUT2D eigenvalue weighted by Crippen LogP contribution is -2.27. The van der Waals surface area contributed by atoms with Crippen LogP contribution in [0.15, 0.2) is 64.2 Å². The maximum atomic E-state index is 13.3. The van der Waals surface area contributed by atoms with Gasteiger partial charge in [0.2, 0.25) is 0 Å². The summed E-state index contributed by atoms with van der Waals surface area (Å²) in [6.07, 6.45) is 4.35. The minimum atomic E-state index is -0.517. The van der Waals surface area contributed by atoms with Gasteiger partial charge in [-0.15, -0.1) is 11.8 Å². The van der Waals surface area contributed by atoms with Crippen LogP contribution < -0.4 is 9.47 Å². The maximum absolute atomic E-state index is 13.3. The van der Waals surface area contributed by atoms with Gasteiger partial charge in [-0.1, -0.05) is 18.2 Å². The Morgan fingerprint density at radius 3 is 2.31 bits per heavy atom. The molecule has 1 amide bonds. The highest BCUT2D eigenvalue weighted by atomic mass is 32.2. The van der Waals surface area contributed by atoms with Crippen molar-refractivity contribution in [1.82, 2.24) is 4.90 Å². The summed E-state index contributed by atoms with van der Waals surface area (Å²) in [7, 11) is 4.50. The molecule has 3 rings (SSSR count). The number of hydrogen-bond donors (Lipinski definition) is 0. The van der Waals surface area contributed by atoms with E-state index in [-0.39, 0.29) is 5.91 Å². The number of amides is 1. The summed E-state index contributed by atoms with van der Waals surface area (Å²) in [5.41, 5.74) is 3.08. The first-order valence-electron chi connectivity index (χ1n) is 10.1. The fourth-order valence-corrected chi connectivity index (χ4v) is 4.05. The monoisotopic (exact) mass is 453 g/mol. The topological polar surface area (TPSA) is 65.1 Å². The van der Waals surface area contributed by atoms with Crippen LogP contribution in [-0.2, 0) is 20.7 Å². The zero-order valence-electron chi connectivity index (χ0n) is 18.9. The number of allylic oxidation sites excluding steroid dienone is 1. The van der Waals surface area contributed by atoms with Gasteiger partial charge in [-0.2, -0.15) is 0 Å². The van der Waals surface area contributed by atoms with E-state index in [4.69, 9.17) is 14.2 Å². The normalized spacial score (nSPS) is 14.8. The minimum absolute atomic E-state index is 0.211. The van der Waals surface area contributed by atoms with Gasteiger partial charge in [-0.25, -0.2) is 4.79 Å². The van der Waals surface area contributed by atoms with Crippen LogP contribution in [0, 0.1) is 0 Å². The van der Waals surface area contributed by atoms with E-state index in [1.54, 1.807) is 43.9 Å². The smallest absolute Gasteiger partial charge is 0.340 e. The Morgan fingerprint density at radius 1 is 1.03 bits per heavy atom. The number of esters is 1. The van der Waals surface area contributed by atoms with Crippen molar-refractivity contribution in [3.8, 4) is 11.5 Å². The Kier molecular flexibility index (Phi) is 7.64. The van der Waals surface area contributed by atoms with Crippen molar-refractivity contribution in [3.63, 3.8) is 0 Å². The summed E-state index contributed by atoms with van der Waals surface area (Å²) in [4.78, 5) is 28.5. The third-order valence-electron chi connectivity index (χ3n) is 5.40. The van der Waals surface area contributed by atoms with Crippen LogP contribution in [0.3, 0.4) is 0 Å². The van der Waals surface area contributed by atoms with Gasteiger partial charge in [0.25, 0.3) is 5.91 Å². The fraction of sp³-hybridized carbons (Fsp3) is 0.280. The van der Waals surface area contributed by atoms with Crippen molar-refractivity contribution in [2.24, 2.45) is 0 Å². The molecule has 0 aliphatic carbocycles. The summed E-state index contributed by atoms with van der Waals surface area (Å²) in [6, 6.07) is 13.5. The molecule has 0 aromatic heterocycles. The van der Waals surface area contributed by atoms with Crippen molar-refractivity contribution >= 4 is 29.7 Å². The zero-order chi connectivity index (χ0) is 23.3. The average molecular weight is 454 g/mol. The predicted molar refractivity (Wildman–Crippen MR) is 126 cm³/mol. The van der Waals surface area contributed by atoms with E-state index in [9.17, 15) is 9.59 Å². The maximum Gasteiger partial charge on any atom is 0.340 e. The number of carbonyl (C=O) groups is 2. The third-order valence-corrected chi connectivity index (χ3v) is 6.14. The van der Waals surface area contributed by atoms with Crippen LogP contribution in [0.4, 0.5) is 0 Å². The van der Waals surface area contributed by atoms with E-state index in [1.807, 2.05) is 48.7 Å². The predicted octanol–water partition coefficient (Wildman–Crippen LogP) is 4.34. The Hall–Kier alpha value is -3.19. The Labute approximate surface area is 192 Å². The van der Waals surface area contributed by atoms with Crippen LogP contribution in [-0.4, -0.2) is 50.9 Å². The van der Waals surface area contributed by atoms with Crippen LogP contribution in [0.25, 0.3) is 6.08 Å². The first-order chi connectivity index (χ1) is 15.4. The van der Waals surface area contributed by atoms with Gasteiger partial charge in [0.05, 0.1) is 32.5 Å². The van der Waals surface area contributed by atoms with Crippen molar-refractivity contribution in [3.05, 3.63) is 70.4 Å². The molecule has 0 unspecified atom stereocenters. The molecular formula is C25H27NO5S. The molecule has 2 aromatic carbocycles. The number of rotatable bonds is 8. The van der Waals surface area contributed by atoms with Crippen LogP contribution in [0.1, 0.15) is 18.1 Å². The molecule has 0 atom stereocenters. The quantitative estimate of drug-likeness (QED) is 0.337. The molecule has 32 heavy (non-hydrogen) atoms. The van der Waals surface area contributed by atoms with Gasteiger partial charge in [0.1, 0.15) is 0 Å². The van der Waals surface area contributed by atoms with Gasteiger partial charge >= 0.3 is 5.97 Å². The Bertz CT molecular complexity index is 1070. The summed E-state index contributed by atoms with van der Waals surface area (Å²) >= 11 is 1.64. The SMILES string of the molecule is COC(=O)C1=C(C)N(CCc2ccc(OC)c(OC)c2)C(=O)C1=Cc1ccc(SC)cc1. The van der Waals surface area contributed by atoms with Gasteiger partial charge < -0.3 is 19.1 Å². The van der Waals surface area contributed by atoms with Crippen LogP contribution in [0.2, 0.25) is 0 Å². The van der Waals surface area contributed by atoms with Gasteiger partial charge in [-0.3, -0.25) is 4.79 Å². The lowest BCUT2D eigenvalue weighted by molar-refractivity contribution is -0.136. The lowest BCUT2D eigenvalue weighted by Gasteiger charge is -2.18. The molecule has 0 fully saturated rings. The molecule has 6 nitrogen and oxygen atoms in total. The van der Waals surface area contributed by atoms with Gasteiger partial charge in [0.15, 0.2) is 11.5 Å². The molecule has 1 aliphatic heterocycles. The molecule has 7 heteroatoms. The summed E-state index contributed by atoms with van der Waals surface area (Å²) < 4.78 is 15.6. The van der Waals surface area contributed by atoms with E-state index in [2.05, 4.69) is 0 Å². The molecule has 1 heterocycles. The number of nitrogens with zero attached hydrogens (tertiary/aromatic N) is 1. The number of benzene rings is 2. The van der Waals surface area contributed by atoms with E-state index in [0.29, 0.717) is 41.3 Å². The summed E-state index contributed by atoms with van der Waals surface area (Å²) in [5.74, 6) is 0.554. The number of methoxy groups -OCH3 is 3. The number of carbonyl (C=O) groups excluding carboxylic acids is 2. The molecular weight excluding hydrogens is 426 g/mol. The highest BCUT2D eigenvalue weighted by Crippen LogP contribution is 2.33. The van der Waals surface area contributed by atoms with E-state index in [0.717, 1.165) is 16.0 Å². The molecule has 2 aromatic rings. The first-order valence-corrected chi connectivity index (χ1v) is 11.3. The summed E-state index contributed by atoms with van der Waals surface area (Å²) in [5, 5.41) is 0. The van der Waals surface area contributed by atoms with Crippen molar-refractivity contribution in [2.45, 2.75) is 18.2 Å². The van der Waals surface area contributed by atoms with E-state index in [1.165, 1.54) is 7.11 Å². The molecule has 168 valence electrons. The first kappa shape index (κ1) is 23.5. The van der Waals surface area contributed by atoms with Crippen molar-refractivity contribution in [2.75, 3.05) is 34.1 Å².